The first-order valence-corrected chi connectivity index (χ1v) is 11.3. The molecule has 4 aromatic rings. The van der Waals surface area contributed by atoms with Crippen molar-refractivity contribution in [3.8, 4) is 34.0 Å². The average Bonchev–Trinajstić information content (AvgIpc) is 3.27. The minimum absolute atomic E-state index is 0.412. The normalized spacial score (nSPS) is 10.8. The first-order valence-electron chi connectivity index (χ1n) is 11.3. The molecule has 174 valence electrons. The number of hydrogen-bond acceptors (Lipinski definition) is 4. The monoisotopic (exact) mass is 456 g/mol. The Morgan fingerprint density at radius 1 is 0.912 bits per heavy atom. The van der Waals surface area contributed by atoms with Gasteiger partial charge in [-0.2, -0.15) is 5.10 Å². The number of hydrogen-bond donors (Lipinski definition) is 1. The molecule has 0 unspecified atom stereocenters. The molecule has 34 heavy (non-hydrogen) atoms. The van der Waals surface area contributed by atoms with Crippen molar-refractivity contribution in [3.63, 3.8) is 0 Å². The van der Waals surface area contributed by atoms with Gasteiger partial charge < -0.3 is 14.6 Å². The highest BCUT2D eigenvalue weighted by molar-refractivity contribution is 5.76. The third-order valence-corrected chi connectivity index (χ3v) is 5.55. The first-order chi connectivity index (χ1) is 16.6. The lowest BCUT2D eigenvalue weighted by Gasteiger charge is -2.11. The van der Waals surface area contributed by atoms with Gasteiger partial charge in [0.05, 0.1) is 25.0 Å². The quantitative estimate of drug-likeness (QED) is 0.332. The summed E-state index contributed by atoms with van der Waals surface area (Å²) in [6, 6.07) is 25.9. The molecule has 1 heterocycles. The molecule has 0 aliphatic heterocycles. The molecule has 0 amide bonds. The Morgan fingerprint density at radius 3 is 2.41 bits per heavy atom. The zero-order valence-corrected chi connectivity index (χ0v) is 19.4. The van der Waals surface area contributed by atoms with Gasteiger partial charge in [-0.15, -0.1) is 0 Å². The maximum atomic E-state index is 11.1. The Balaban J connectivity index is 1.85. The van der Waals surface area contributed by atoms with Gasteiger partial charge in [0, 0.05) is 11.1 Å². The van der Waals surface area contributed by atoms with E-state index < -0.39 is 12.6 Å². The summed E-state index contributed by atoms with van der Waals surface area (Å²) in [5.41, 5.74) is 5.59. The summed E-state index contributed by atoms with van der Waals surface area (Å²) in [4.78, 5) is 11.1. The Kier molecular flexibility index (Phi) is 7.28. The average molecular weight is 457 g/mol. The molecule has 0 aliphatic rings. The van der Waals surface area contributed by atoms with Crippen LogP contribution in [0.15, 0.2) is 78.9 Å². The van der Waals surface area contributed by atoms with E-state index >= 15 is 0 Å². The summed E-state index contributed by atoms with van der Waals surface area (Å²) in [6.45, 7) is 2.29. The maximum Gasteiger partial charge on any atom is 0.341 e. The van der Waals surface area contributed by atoms with Gasteiger partial charge in [-0.05, 0) is 47.9 Å². The van der Waals surface area contributed by atoms with Gasteiger partial charge in [0.2, 0.25) is 0 Å². The standard InChI is InChI=1S/C28H28N2O4/c1-3-9-20-14-15-27(34-19-28(31)32)23(16-20)24-17-25(22-12-7-8-13-26(22)33-2)30(29-24)18-21-10-5-4-6-11-21/h4-8,10-17H,3,9,18-19H2,1-2H3,(H,31,32). The number of carboxylic acids is 1. The maximum absolute atomic E-state index is 11.1. The van der Waals surface area contributed by atoms with E-state index in [1.807, 2.05) is 71.4 Å². The van der Waals surface area contributed by atoms with Crippen molar-refractivity contribution in [2.45, 2.75) is 26.3 Å². The van der Waals surface area contributed by atoms with Crippen LogP contribution < -0.4 is 9.47 Å². The fourth-order valence-corrected chi connectivity index (χ4v) is 3.99. The summed E-state index contributed by atoms with van der Waals surface area (Å²) in [5, 5.41) is 14.1. The minimum Gasteiger partial charge on any atom is -0.496 e. The van der Waals surface area contributed by atoms with Crippen molar-refractivity contribution in [2.24, 2.45) is 0 Å². The van der Waals surface area contributed by atoms with Crippen LogP contribution >= 0.6 is 0 Å². The van der Waals surface area contributed by atoms with Crippen molar-refractivity contribution in [1.29, 1.82) is 0 Å². The molecule has 0 aliphatic carbocycles. The number of aliphatic carboxylic acids is 1. The topological polar surface area (TPSA) is 73.6 Å². The number of carbonyl (C=O) groups is 1. The van der Waals surface area contributed by atoms with Crippen molar-refractivity contribution in [1.82, 2.24) is 9.78 Å². The molecular weight excluding hydrogens is 428 g/mol. The van der Waals surface area contributed by atoms with E-state index in [-0.39, 0.29) is 0 Å². The van der Waals surface area contributed by atoms with E-state index in [9.17, 15) is 4.79 Å². The Hall–Kier alpha value is -4.06. The van der Waals surface area contributed by atoms with Gasteiger partial charge in [0.1, 0.15) is 11.5 Å². The van der Waals surface area contributed by atoms with Gasteiger partial charge >= 0.3 is 5.97 Å². The van der Waals surface area contributed by atoms with Crippen molar-refractivity contribution >= 4 is 5.97 Å². The van der Waals surface area contributed by atoms with E-state index in [2.05, 4.69) is 19.1 Å². The number of aromatic nitrogens is 2. The van der Waals surface area contributed by atoms with Crippen molar-refractivity contribution in [3.05, 3.63) is 90.0 Å². The molecule has 0 fully saturated rings. The third-order valence-electron chi connectivity index (χ3n) is 5.55. The molecule has 0 spiro atoms. The lowest BCUT2D eigenvalue weighted by molar-refractivity contribution is -0.139. The van der Waals surface area contributed by atoms with Crippen LogP contribution in [0.4, 0.5) is 0 Å². The lowest BCUT2D eigenvalue weighted by atomic mass is 10.0. The van der Waals surface area contributed by atoms with Crippen LogP contribution in [0.5, 0.6) is 11.5 Å². The zero-order valence-electron chi connectivity index (χ0n) is 19.4. The molecule has 1 N–H and O–H groups in total. The highest BCUT2D eigenvalue weighted by Crippen LogP contribution is 2.36. The molecule has 6 nitrogen and oxygen atoms in total. The van der Waals surface area contributed by atoms with Crippen LogP contribution in [0.3, 0.4) is 0 Å². The third kappa shape index (κ3) is 5.29. The number of para-hydroxylation sites is 1. The molecule has 4 rings (SSSR count). The van der Waals surface area contributed by atoms with Crippen molar-refractivity contribution < 1.29 is 19.4 Å². The number of benzene rings is 3. The molecule has 0 saturated carbocycles. The second kappa shape index (κ2) is 10.7. The van der Waals surface area contributed by atoms with Crippen LogP contribution in [0, 0.1) is 0 Å². The molecule has 0 radical (unpaired) electrons. The summed E-state index contributed by atoms with van der Waals surface area (Å²) < 4.78 is 13.2. The van der Waals surface area contributed by atoms with Gasteiger partial charge in [-0.25, -0.2) is 4.79 Å². The van der Waals surface area contributed by atoms with E-state index in [0.29, 0.717) is 12.3 Å². The molecule has 3 aromatic carbocycles. The van der Waals surface area contributed by atoms with E-state index in [1.54, 1.807) is 7.11 Å². The van der Waals surface area contributed by atoms with Gasteiger partial charge in [0.25, 0.3) is 0 Å². The summed E-state index contributed by atoms with van der Waals surface area (Å²) in [5.74, 6) is 0.233. The summed E-state index contributed by atoms with van der Waals surface area (Å²) in [7, 11) is 1.66. The van der Waals surface area contributed by atoms with Gasteiger partial charge in [0.15, 0.2) is 6.61 Å². The number of ether oxygens (including phenoxy) is 2. The fraction of sp³-hybridized carbons (Fsp3) is 0.214. The Bertz CT molecular complexity index is 1260. The molecule has 0 saturated heterocycles. The Morgan fingerprint density at radius 2 is 1.68 bits per heavy atom. The number of nitrogens with zero attached hydrogens (tertiary/aromatic N) is 2. The fourth-order valence-electron chi connectivity index (χ4n) is 3.99. The SMILES string of the molecule is CCCc1ccc(OCC(=O)O)c(-c2cc(-c3ccccc3OC)n(Cc3ccccc3)n2)c1. The van der Waals surface area contributed by atoms with Gasteiger partial charge in [-0.3, -0.25) is 4.68 Å². The molecule has 0 atom stereocenters. The predicted molar refractivity (Wildman–Crippen MR) is 132 cm³/mol. The lowest BCUT2D eigenvalue weighted by Crippen LogP contribution is -2.10. The smallest absolute Gasteiger partial charge is 0.341 e. The molecule has 0 bridgehead atoms. The minimum atomic E-state index is -1.02. The molecule has 1 aromatic heterocycles. The number of carboxylic acid groups (broad SMARTS) is 1. The highest BCUT2D eigenvalue weighted by Gasteiger charge is 2.18. The first kappa shape index (κ1) is 23.1. The second-order valence-electron chi connectivity index (χ2n) is 8.02. The van der Waals surface area contributed by atoms with Crippen LogP contribution in [-0.4, -0.2) is 34.6 Å². The molecular formula is C28H28N2O4. The predicted octanol–water partition coefficient (Wildman–Crippen LogP) is 5.69. The Labute approximate surface area is 199 Å². The number of methoxy groups -OCH3 is 1. The number of rotatable bonds is 10. The second-order valence-corrected chi connectivity index (χ2v) is 8.02. The summed E-state index contributed by atoms with van der Waals surface area (Å²) in [6.07, 6.45) is 1.92. The van der Waals surface area contributed by atoms with Crippen LogP contribution in [0.25, 0.3) is 22.5 Å². The van der Waals surface area contributed by atoms with Crippen LogP contribution in [-0.2, 0) is 17.8 Å². The number of aryl methyl sites for hydroxylation is 1. The largest absolute Gasteiger partial charge is 0.496 e. The van der Waals surface area contributed by atoms with Crippen LogP contribution in [0.1, 0.15) is 24.5 Å². The van der Waals surface area contributed by atoms with E-state index in [0.717, 1.165) is 52.2 Å². The van der Waals surface area contributed by atoms with Crippen LogP contribution in [0.2, 0.25) is 0 Å². The highest BCUT2D eigenvalue weighted by atomic mass is 16.5. The van der Waals surface area contributed by atoms with E-state index in [1.165, 1.54) is 0 Å². The zero-order chi connectivity index (χ0) is 23.9. The van der Waals surface area contributed by atoms with Crippen molar-refractivity contribution in [2.75, 3.05) is 13.7 Å². The summed E-state index contributed by atoms with van der Waals surface area (Å²) >= 11 is 0. The van der Waals surface area contributed by atoms with E-state index in [4.69, 9.17) is 19.7 Å². The molecule has 6 heteroatoms. The van der Waals surface area contributed by atoms with Gasteiger partial charge in [-0.1, -0.05) is 61.9 Å².